The summed E-state index contributed by atoms with van der Waals surface area (Å²) in [4.78, 5) is 12.7. The molecule has 0 bridgehead atoms. The number of nitrogens with zero attached hydrogens (tertiary/aromatic N) is 2. The van der Waals surface area contributed by atoms with Crippen LogP contribution in [0.2, 0.25) is 0 Å². The highest BCUT2D eigenvalue weighted by Gasteiger charge is 2.37. The molecule has 4 heteroatoms. The van der Waals surface area contributed by atoms with Crippen LogP contribution in [0, 0.1) is 5.92 Å². The van der Waals surface area contributed by atoms with E-state index in [-0.39, 0.29) is 11.9 Å². The summed E-state index contributed by atoms with van der Waals surface area (Å²) in [5.74, 6) is 0.377. The van der Waals surface area contributed by atoms with Crippen LogP contribution >= 0.6 is 0 Å². The summed E-state index contributed by atoms with van der Waals surface area (Å²) < 4.78 is 2.01. The van der Waals surface area contributed by atoms with Crippen LogP contribution in [-0.2, 0) is 12.8 Å². The molecule has 0 spiro atoms. The average molecular weight is 359 g/mol. The summed E-state index contributed by atoms with van der Waals surface area (Å²) >= 11 is 0. The summed E-state index contributed by atoms with van der Waals surface area (Å²) in [6, 6.07) is 18.3. The zero-order valence-electron chi connectivity index (χ0n) is 16.1. The van der Waals surface area contributed by atoms with Crippen LogP contribution in [0.3, 0.4) is 0 Å². The number of amides is 1. The molecule has 0 saturated carbocycles. The summed E-state index contributed by atoms with van der Waals surface area (Å²) in [5.41, 5.74) is 6.13. The first kappa shape index (κ1) is 17.5. The van der Waals surface area contributed by atoms with Crippen molar-refractivity contribution in [3.63, 3.8) is 0 Å². The fourth-order valence-corrected chi connectivity index (χ4v) is 3.90. The number of hydrogen-bond acceptors (Lipinski definition) is 2. The standard InChI is InChI=1S/C23H25N3O/c1-4-16-10-8-9-13-18(16)26-19(14-15(2)3)20-21(17-11-6-5-7-12-17)24-23(27)22(20)25-26/h5-13,15,21H,4,14H2,1-3H3,(H,24,27). The van der Waals surface area contributed by atoms with Crippen molar-refractivity contribution in [3.8, 4) is 5.69 Å². The number of hydrogen-bond donors (Lipinski definition) is 1. The van der Waals surface area contributed by atoms with Crippen LogP contribution in [0.1, 0.15) is 59.7 Å². The maximum atomic E-state index is 12.7. The molecule has 1 aromatic heterocycles. The number of benzene rings is 2. The smallest absolute Gasteiger partial charge is 0.272 e. The third-order valence-corrected chi connectivity index (χ3v) is 5.14. The van der Waals surface area contributed by atoms with Crippen LogP contribution < -0.4 is 5.32 Å². The minimum atomic E-state index is -0.134. The van der Waals surface area contributed by atoms with E-state index in [1.165, 1.54) is 5.56 Å². The number of aryl methyl sites for hydroxylation is 1. The lowest BCUT2D eigenvalue weighted by Gasteiger charge is -2.18. The Hall–Kier alpha value is -2.88. The van der Waals surface area contributed by atoms with E-state index in [1.54, 1.807) is 0 Å². The summed E-state index contributed by atoms with van der Waals surface area (Å²) in [5, 5.41) is 7.91. The Labute approximate surface area is 160 Å². The molecule has 1 amide bonds. The number of carbonyl (C=O) groups excluding carboxylic acids is 1. The number of carbonyl (C=O) groups is 1. The van der Waals surface area contributed by atoms with E-state index in [0.717, 1.165) is 35.3 Å². The molecule has 0 saturated heterocycles. The van der Waals surface area contributed by atoms with Crippen LogP contribution in [0.15, 0.2) is 54.6 Å². The first-order chi connectivity index (χ1) is 13.1. The Morgan fingerprint density at radius 1 is 1.07 bits per heavy atom. The van der Waals surface area contributed by atoms with Crippen molar-refractivity contribution < 1.29 is 4.79 Å². The third-order valence-electron chi connectivity index (χ3n) is 5.14. The average Bonchev–Trinajstić information content (AvgIpc) is 3.20. The minimum absolute atomic E-state index is 0.0865. The highest BCUT2D eigenvalue weighted by molar-refractivity contribution is 5.98. The van der Waals surface area contributed by atoms with Crippen LogP contribution in [-0.4, -0.2) is 15.7 Å². The molecule has 1 atom stereocenters. The number of aromatic nitrogens is 2. The quantitative estimate of drug-likeness (QED) is 0.731. The second-order valence-electron chi connectivity index (χ2n) is 7.52. The molecule has 1 aliphatic heterocycles. The third kappa shape index (κ3) is 3.05. The molecule has 0 radical (unpaired) electrons. The largest absolute Gasteiger partial charge is 0.340 e. The predicted octanol–water partition coefficient (Wildman–Crippen LogP) is 4.47. The normalized spacial score (nSPS) is 15.9. The van der Waals surface area contributed by atoms with Crippen molar-refractivity contribution in [2.45, 2.75) is 39.7 Å². The van der Waals surface area contributed by atoms with Crippen molar-refractivity contribution >= 4 is 5.91 Å². The van der Waals surface area contributed by atoms with E-state index >= 15 is 0 Å². The fourth-order valence-electron chi connectivity index (χ4n) is 3.90. The topological polar surface area (TPSA) is 46.9 Å². The minimum Gasteiger partial charge on any atom is -0.340 e. The Morgan fingerprint density at radius 3 is 2.48 bits per heavy atom. The maximum absolute atomic E-state index is 12.7. The highest BCUT2D eigenvalue weighted by Crippen LogP contribution is 2.36. The SMILES string of the molecule is CCc1ccccc1-n1nc2c(c1CC(C)C)C(c1ccccc1)NC2=O. The summed E-state index contributed by atoms with van der Waals surface area (Å²) in [6.45, 7) is 6.56. The Bertz CT molecular complexity index is 973. The second kappa shape index (κ2) is 7.03. The van der Waals surface area contributed by atoms with E-state index in [2.05, 4.69) is 56.4 Å². The first-order valence-corrected chi connectivity index (χ1v) is 9.66. The van der Waals surface area contributed by atoms with Gasteiger partial charge in [0.25, 0.3) is 5.91 Å². The molecule has 0 aliphatic carbocycles. The summed E-state index contributed by atoms with van der Waals surface area (Å²) in [6.07, 6.45) is 1.80. The highest BCUT2D eigenvalue weighted by atomic mass is 16.2. The summed E-state index contributed by atoms with van der Waals surface area (Å²) in [7, 11) is 0. The lowest BCUT2D eigenvalue weighted by molar-refractivity contribution is 0.0955. The van der Waals surface area contributed by atoms with Gasteiger partial charge < -0.3 is 5.32 Å². The molecule has 1 aliphatic rings. The fraction of sp³-hybridized carbons (Fsp3) is 0.304. The molecule has 138 valence electrons. The Morgan fingerprint density at radius 2 is 1.78 bits per heavy atom. The van der Waals surface area contributed by atoms with E-state index in [1.807, 2.05) is 28.9 Å². The van der Waals surface area contributed by atoms with Crippen molar-refractivity contribution in [1.82, 2.24) is 15.1 Å². The number of nitrogens with one attached hydrogen (secondary N) is 1. The van der Waals surface area contributed by atoms with Crippen LogP contribution in [0.25, 0.3) is 5.69 Å². The zero-order chi connectivity index (χ0) is 19.0. The Kier molecular flexibility index (Phi) is 4.56. The van der Waals surface area contributed by atoms with Gasteiger partial charge in [0.15, 0.2) is 5.69 Å². The molecule has 1 N–H and O–H groups in total. The lowest BCUT2D eigenvalue weighted by atomic mass is 9.95. The molecule has 4 rings (SSSR count). The zero-order valence-corrected chi connectivity index (χ0v) is 16.1. The molecular formula is C23H25N3O. The lowest BCUT2D eigenvalue weighted by Crippen LogP contribution is -2.23. The van der Waals surface area contributed by atoms with Gasteiger partial charge in [0.05, 0.1) is 17.4 Å². The van der Waals surface area contributed by atoms with E-state index in [0.29, 0.717) is 11.6 Å². The van der Waals surface area contributed by atoms with E-state index < -0.39 is 0 Å². The molecule has 1 unspecified atom stereocenters. The van der Waals surface area contributed by atoms with Gasteiger partial charge in [-0.05, 0) is 36.0 Å². The number of para-hydroxylation sites is 1. The monoisotopic (exact) mass is 359 g/mol. The first-order valence-electron chi connectivity index (χ1n) is 9.66. The van der Waals surface area contributed by atoms with E-state index in [9.17, 15) is 4.79 Å². The van der Waals surface area contributed by atoms with Gasteiger partial charge in [-0.25, -0.2) is 4.68 Å². The molecule has 0 fully saturated rings. The van der Waals surface area contributed by atoms with Gasteiger partial charge in [-0.1, -0.05) is 69.3 Å². The second-order valence-corrected chi connectivity index (χ2v) is 7.52. The van der Waals surface area contributed by atoms with Crippen molar-refractivity contribution in [2.24, 2.45) is 5.92 Å². The molecule has 3 aromatic rings. The van der Waals surface area contributed by atoms with Gasteiger partial charge in [0.1, 0.15) is 0 Å². The van der Waals surface area contributed by atoms with Gasteiger partial charge in [-0.2, -0.15) is 5.10 Å². The molecular weight excluding hydrogens is 334 g/mol. The molecule has 27 heavy (non-hydrogen) atoms. The van der Waals surface area contributed by atoms with Crippen LogP contribution in [0.5, 0.6) is 0 Å². The predicted molar refractivity (Wildman–Crippen MR) is 107 cm³/mol. The van der Waals surface area contributed by atoms with Gasteiger partial charge >= 0.3 is 0 Å². The van der Waals surface area contributed by atoms with Crippen LogP contribution in [0.4, 0.5) is 0 Å². The van der Waals surface area contributed by atoms with Crippen molar-refractivity contribution in [3.05, 3.63) is 82.7 Å². The van der Waals surface area contributed by atoms with E-state index in [4.69, 9.17) is 5.10 Å². The molecule has 2 heterocycles. The van der Waals surface area contributed by atoms with Gasteiger partial charge in [-0.15, -0.1) is 0 Å². The van der Waals surface area contributed by atoms with Crippen molar-refractivity contribution in [2.75, 3.05) is 0 Å². The Balaban J connectivity index is 1.93. The maximum Gasteiger partial charge on any atom is 0.272 e. The van der Waals surface area contributed by atoms with Gasteiger partial charge in [0, 0.05) is 5.56 Å². The number of rotatable bonds is 5. The molecule has 2 aromatic carbocycles. The van der Waals surface area contributed by atoms with Gasteiger partial charge in [-0.3, -0.25) is 4.79 Å². The molecule has 4 nitrogen and oxygen atoms in total. The number of fused-ring (bicyclic) bond motifs is 1. The van der Waals surface area contributed by atoms with Gasteiger partial charge in [0.2, 0.25) is 0 Å². The van der Waals surface area contributed by atoms with Crippen molar-refractivity contribution in [1.29, 1.82) is 0 Å².